The molecule has 124 valence electrons. The second-order valence-corrected chi connectivity index (χ2v) is 5.75. The van der Waals surface area contributed by atoms with Crippen LogP contribution in [0.5, 0.6) is 0 Å². The van der Waals surface area contributed by atoms with E-state index in [1.165, 1.54) is 12.1 Å². The quantitative estimate of drug-likeness (QED) is 0.893. The summed E-state index contributed by atoms with van der Waals surface area (Å²) in [5.74, 6) is -3.59. The van der Waals surface area contributed by atoms with Crippen LogP contribution in [0.2, 0.25) is 0 Å². The lowest BCUT2D eigenvalue weighted by Gasteiger charge is -2.24. The summed E-state index contributed by atoms with van der Waals surface area (Å²) in [6.45, 7) is 0. The average molecular weight is 329 g/mol. The number of carbonyl (C=O) groups is 2. The normalized spacial score (nSPS) is 29.5. The van der Waals surface area contributed by atoms with Gasteiger partial charge in [0.05, 0.1) is 29.6 Å². The number of ether oxygens (including phenoxy) is 1. The minimum Gasteiger partial charge on any atom is -0.481 e. The molecule has 23 heavy (non-hydrogen) atoms. The number of nitrogens with one attached hydrogen (secondary N) is 1. The van der Waals surface area contributed by atoms with Crippen LogP contribution in [0.1, 0.15) is 18.4 Å². The first-order valence-corrected chi connectivity index (χ1v) is 7.14. The fraction of sp³-hybridized carbons (Fsp3) is 0.467. The number of benzene rings is 1. The number of anilines is 1. The molecular weight excluding hydrogens is 315 g/mol. The van der Waals surface area contributed by atoms with Gasteiger partial charge < -0.3 is 15.2 Å². The molecule has 4 atom stereocenters. The number of hydrogen-bond acceptors (Lipinski definition) is 3. The van der Waals surface area contributed by atoms with E-state index in [-0.39, 0.29) is 5.69 Å². The summed E-state index contributed by atoms with van der Waals surface area (Å²) in [5, 5.41) is 11.6. The standard InChI is InChI=1S/C15H14F3NO4/c16-15(17,18)7-2-1-3-8(6-7)19-13(20)11-9-4-5-10(23-9)12(11)14(21)22/h1-3,6,9-12H,4-5H2,(H,19,20)(H,21,22)/t9-,10-,11-,12-/m1/s1. The highest BCUT2D eigenvalue weighted by Gasteiger charge is 2.55. The maximum absolute atomic E-state index is 12.7. The third kappa shape index (κ3) is 2.90. The van der Waals surface area contributed by atoms with Gasteiger partial charge in [-0.3, -0.25) is 9.59 Å². The van der Waals surface area contributed by atoms with Gasteiger partial charge in [-0.1, -0.05) is 6.07 Å². The summed E-state index contributed by atoms with van der Waals surface area (Å²) in [4.78, 5) is 23.7. The number of carboxylic acid groups (broad SMARTS) is 1. The SMILES string of the molecule is O=C(O)[C@H]1[C@H](C(=O)Nc2cccc(C(F)(F)F)c2)[C@H]2CC[C@H]1O2. The van der Waals surface area contributed by atoms with Gasteiger partial charge in [-0.05, 0) is 31.0 Å². The highest BCUT2D eigenvalue weighted by Crippen LogP contribution is 2.44. The van der Waals surface area contributed by atoms with Crippen LogP contribution >= 0.6 is 0 Å². The van der Waals surface area contributed by atoms with Crippen molar-refractivity contribution in [1.82, 2.24) is 0 Å². The van der Waals surface area contributed by atoms with E-state index in [1.54, 1.807) is 0 Å². The van der Waals surface area contributed by atoms with Gasteiger partial charge in [-0.15, -0.1) is 0 Å². The molecule has 5 nitrogen and oxygen atoms in total. The van der Waals surface area contributed by atoms with Crippen molar-refractivity contribution in [2.45, 2.75) is 31.2 Å². The Morgan fingerprint density at radius 2 is 1.83 bits per heavy atom. The van der Waals surface area contributed by atoms with Crippen LogP contribution < -0.4 is 5.32 Å². The topological polar surface area (TPSA) is 75.6 Å². The van der Waals surface area contributed by atoms with E-state index >= 15 is 0 Å². The number of amides is 1. The number of carboxylic acids is 1. The molecule has 2 bridgehead atoms. The maximum Gasteiger partial charge on any atom is 0.416 e. The van der Waals surface area contributed by atoms with Crippen molar-refractivity contribution in [2.75, 3.05) is 5.32 Å². The number of carbonyl (C=O) groups excluding carboxylic acids is 1. The molecule has 1 aromatic carbocycles. The number of aliphatic carboxylic acids is 1. The van der Waals surface area contributed by atoms with Crippen molar-refractivity contribution in [3.05, 3.63) is 29.8 Å². The number of rotatable bonds is 3. The van der Waals surface area contributed by atoms with Crippen LogP contribution in [0.15, 0.2) is 24.3 Å². The van der Waals surface area contributed by atoms with Gasteiger partial charge in [0, 0.05) is 5.69 Å². The first kappa shape index (κ1) is 15.8. The van der Waals surface area contributed by atoms with Crippen molar-refractivity contribution in [3.63, 3.8) is 0 Å². The predicted octanol–water partition coefficient (Wildman–Crippen LogP) is 2.52. The van der Waals surface area contributed by atoms with E-state index in [0.717, 1.165) is 12.1 Å². The number of fused-ring (bicyclic) bond motifs is 2. The molecule has 1 amide bonds. The Balaban J connectivity index is 1.78. The first-order chi connectivity index (χ1) is 10.8. The van der Waals surface area contributed by atoms with E-state index < -0.39 is 47.7 Å². The minimum atomic E-state index is -4.51. The van der Waals surface area contributed by atoms with Gasteiger partial charge in [-0.2, -0.15) is 13.2 Å². The van der Waals surface area contributed by atoms with Crippen LogP contribution in [0, 0.1) is 11.8 Å². The van der Waals surface area contributed by atoms with Crippen LogP contribution in [0.4, 0.5) is 18.9 Å². The fourth-order valence-corrected chi connectivity index (χ4v) is 3.32. The van der Waals surface area contributed by atoms with E-state index in [1.807, 2.05) is 0 Å². The fourth-order valence-electron chi connectivity index (χ4n) is 3.32. The molecule has 0 spiro atoms. The number of halogens is 3. The van der Waals surface area contributed by atoms with Gasteiger partial charge in [0.1, 0.15) is 0 Å². The zero-order chi connectivity index (χ0) is 16.8. The Morgan fingerprint density at radius 3 is 2.43 bits per heavy atom. The van der Waals surface area contributed by atoms with Gasteiger partial charge in [0.25, 0.3) is 0 Å². The lowest BCUT2D eigenvalue weighted by molar-refractivity contribution is -0.147. The number of alkyl halides is 3. The van der Waals surface area contributed by atoms with E-state index in [2.05, 4.69) is 5.32 Å². The van der Waals surface area contributed by atoms with Crippen molar-refractivity contribution >= 4 is 17.6 Å². The van der Waals surface area contributed by atoms with Crippen molar-refractivity contribution < 1.29 is 32.6 Å². The molecule has 0 unspecified atom stereocenters. The summed E-state index contributed by atoms with van der Waals surface area (Å²) in [5.41, 5.74) is -0.897. The molecule has 0 saturated carbocycles. The zero-order valence-electron chi connectivity index (χ0n) is 11.8. The molecule has 2 N–H and O–H groups in total. The Hall–Kier alpha value is -2.09. The molecular formula is C15H14F3NO4. The summed E-state index contributed by atoms with van der Waals surface area (Å²) in [6.07, 6.45) is -4.36. The Bertz CT molecular complexity index is 646. The van der Waals surface area contributed by atoms with E-state index in [4.69, 9.17) is 4.74 Å². The summed E-state index contributed by atoms with van der Waals surface area (Å²) < 4.78 is 43.5. The van der Waals surface area contributed by atoms with Crippen LogP contribution in [0.25, 0.3) is 0 Å². The van der Waals surface area contributed by atoms with Crippen LogP contribution in [0.3, 0.4) is 0 Å². The molecule has 2 aliphatic rings. The monoisotopic (exact) mass is 329 g/mol. The van der Waals surface area contributed by atoms with Crippen LogP contribution in [-0.2, 0) is 20.5 Å². The molecule has 0 radical (unpaired) electrons. The Morgan fingerprint density at radius 1 is 1.17 bits per heavy atom. The molecule has 2 saturated heterocycles. The van der Waals surface area contributed by atoms with E-state index in [0.29, 0.717) is 12.8 Å². The highest BCUT2D eigenvalue weighted by atomic mass is 19.4. The lowest BCUT2D eigenvalue weighted by atomic mass is 9.78. The van der Waals surface area contributed by atoms with Crippen molar-refractivity contribution in [3.8, 4) is 0 Å². The van der Waals surface area contributed by atoms with Gasteiger partial charge in [0.2, 0.25) is 5.91 Å². The third-order valence-corrected chi connectivity index (χ3v) is 4.32. The largest absolute Gasteiger partial charge is 0.481 e. The molecule has 0 aliphatic carbocycles. The Kier molecular flexibility index (Phi) is 3.79. The van der Waals surface area contributed by atoms with Gasteiger partial charge in [0.15, 0.2) is 0 Å². The van der Waals surface area contributed by atoms with Crippen molar-refractivity contribution in [1.29, 1.82) is 0 Å². The van der Waals surface area contributed by atoms with Gasteiger partial charge >= 0.3 is 12.1 Å². The molecule has 2 fully saturated rings. The zero-order valence-corrected chi connectivity index (χ0v) is 11.8. The predicted molar refractivity (Wildman–Crippen MR) is 72.6 cm³/mol. The highest BCUT2D eigenvalue weighted by molar-refractivity contribution is 5.96. The van der Waals surface area contributed by atoms with Gasteiger partial charge in [-0.25, -0.2) is 0 Å². The number of hydrogen-bond donors (Lipinski definition) is 2. The molecule has 2 heterocycles. The Labute approximate surface area is 129 Å². The maximum atomic E-state index is 12.7. The summed E-state index contributed by atoms with van der Waals surface area (Å²) in [6, 6.07) is 4.24. The summed E-state index contributed by atoms with van der Waals surface area (Å²) >= 11 is 0. The molecule has 8 heteroatoms. The van der Waals surface area contributed by atoms with Crippen LogP contribution in [-0.4, -0.2) is 29.2 Å². The van der Waals surface area contributed by atoms with E-state index in [9.17, 15) is 27.9 Å². The molecule has 1 aromatic rings. The molecule has 2 aliphatic heterocycles. The minimum absolute atomic E-state index is 0.0169. The lowest BCUT2D eigenvalue weighted by Crippen LogP contribution is -2.40. The second-order valence-electron chi connectivity index (χ2n) is 5.75. The average Bonchev–Trinajstić information content (AvgIpc) is 3.07. The second kappa shape index (κ2) is 5.52. The smallest absolute Gasteiger partial charge is 0.416 e. The molecule has 3 rings (SSSR count). The van der Waals surface area contributed by atoms with Crippen molar-refractivity contribution in [2.24, 2.45) is 11.8 Å². The molecule has 0 aromatic heterocycles. The third-order valence-electron chi connectivity index (χ3n) is 4.32. The summed E-state index contributed by atoms with van der Waals surface area (Å²) in [7, 11) is 0. The first-order valence-electron chi connectivity index (χ1n) is 7.14.